The lowest BCUT2D eigenvalue weighted by Gasteiger charge is -2.09. The molecule has 0 aliphatic rings. The molecule has 3 N–H and O–H groups in total. The number of carbonyl (C=O) groups is 2. The van der Waals surface area contributed by atoms with Crippen molar-refractivity contribution < 1.29 is 14.8 Å². The number of hydroxylamine groups is 1. The molecule has 0 saturated carbocycles. The van der Waals surface area contributed by atoms with Gasteiger partial charge in [0.1, 0.15) is 9.88 Å². The molecule has 0 spiro atoms. The van der Waals surface area contributed by atoms with E-state index in [0.717, 1.165) is 21.4 Å². The molecule has 3 aromatic rings. The van der Waals surface area contributed by atoms with Gasteiger partial charge in [-0.15, -0.1) is 22.7 Å². The fourth-order valence-corrected chi connectivity index (χ4v) is 3.85. The minimum absolute atomic E-state index is 0.179. The lowest BCUT2D eigenvalue weighted by molar-refractivity contribution is 0.0710. The van der Waals surface area contributed by atoms with Gasteiger partial charge in [-0.3, -0.25) is 14.8 Å². The number of thiazole rings is 1. The lowest BCUT2D eigenvalue weighted by atomic mass is 10.2. The van der Waals surface area contributed by atoms with Crippen LogP contribution in [0.15, 0.2) is 36.5 Å². The van der Waals surface area contributed by atoms with E-state index >= 15 is 0 Å². The van der Waals surface area contributed by atoms with Gasteiger partial charge in [0, 0.05) is 4.70 Å². The van der Waals surface area contributed by atoms with E-state index in [1.165, 1.54) is 17.5 Å². The van der Waals surface area contributed by atoms with Crippen LogP contribution in [0.2, 0.25) is 0 Å². The van der Waals surface area contributed by atoms with E-state index in [2.05, 4.69) is 10.3 Å². The van der Waals surface area contributed by atoms with Crippen LogP contribution < -0.4 is 10.8 Å². The quantitative estimate of drug-likeness (QED) is 0.500. The monoisotopic (exact) mass is 347 g/mol. The second kappa shape index (κ2) is 6.45. The van der Waals surface area contributed by atoms with Crippen LogP contribution in [0.3, 0.4) is 0 Å². The number of fused-ring (bicyclic) bond motifs is 1. The molecule has 0 bridgehead atoms. The molecular formula is C15H13N3O3S2. The SMILES string of the molecule is C[C@@H](NC(=O)c1cc2ccccc2s1)c1ncc(C(=O)NO)s1. The van der Waals surface area contributed by atoms with Gasteiger partial charge in [0.2, 0.25) is 0 Å². The average molecular weight is 347 g/mol. The molecule has 2 heterocycles. The van der Waals surface area contributed by atoms with Crippen LogP contribution in [0.4, 0.5) is 0 Å². The van der Waals surface area contributed by atoms with Crippen molar-refractivity contribution in [3.8, 4) is 0 Å². The van der Waals surface area contributed by atoms with Crippen LogP contribution in [0.5, 0.6) is 0 Å². The summed E-state index contributed by atoms with van der Waals surface area (Å²) in [7, 11) is 0. The van der Waals surface area contributed by atoms with Crippen molar-refractivity contribution in [2.45, 2.75) is 13.0 Å². The first kappa shape index (κ1) is 15.6. The number of rotatable bonds is 4. The molecular weight excluding hydrogens is 334 g/mol. The van der Waals surface area contributed by atoms with Gasteiger partial charge in [0.25, 0.3) is 11.8 Å². The molecule has 6 nitrogen and oxygen atoms in total. The Kier molecular flexibility index (Phi) is 4.37. The fourth-order valence-electron chi connectivity index (χ4n) is 2.07. The number of nitrogens with zero attached hydrogens (tertiary/aromatic N) is 1. The summed E-state index contributed by atoms with van der Waals surface area (Å²) in [5.41, 5.74) is 1.56. The Morgan fingerprint density at radius 3 is 2.70 bits per heavy atom. The van der Waals surface area contributed by atoms with Crippen LogP contribution in [-0.4, -0.2) is 22.0 Å². The predicted molar refractivity (Wildman–Crippen MR) is 89.1 cm³/mol. The van der Waals surface area contributed by atoms with Gasteiger partial charge in [-0.1, -0.05) is 18.2 Å². The minimum atomic E-state index is -0.614. The van der Waals surface area contributed by atoms with Gasteiger partial charge in [0.05, 0.1) is 17.1 Å². The maximum Gasteiger partial charge on any atom is 0.286 e. The summed E-state index contributed by atoms with van der Waals surface area (Å²) in [6, 6.07) is 9.33. The van der Waals surface area contributed by atoms with E-state index in [9.17, 15) is 9.59 Å². The Labute approximate surface area is 139 Å². The normalized spacial score (nSPS) is 12.1. The van der Waals surface area contributed by atoms with Crippen molar-refractivity contribution in [3.05, 3.63) is 51.3 Å². The number of nitrogens with one attached hydrogen (secondary N) is 2. The third-order valence-electron chi connectivity index (χ3n) is 3.22. The van der Waals surface area contributed by atoms with Gasteiger partial charge in [-0.25, -0.2) is 10.5 Å². The Bertz CT molecular complexity index is 839. The number of benzene rings is 1. The highest BCUT2D eigenvalue weighted by molar-refractivity contribution is 7.20. The molecule has 0 fully saturated rings. The number of thiophene rings is 1. The summed E-state index contributed by atoms with van der Waals surface area (Å²) in [5, 5.41) is 13.1. The van der Waals surface area contributed by atoms with Crippen molar-refractivity contribution in [3.63, 3.8) is 0 Å². The minimum Gasteiger partial charge on any atom is -0.342 e. The maximum atomic E-state index is 12.4. The maximum absolute atomic E-state index is 12.4. The molecule has 1 atom stereocenters. The number of hydrogen-bond acceptors (Lipinski definition) is 6. The summed E-state index contributed by atoms with van der Waals surface area (Å²) < 4.78 is 1.06. The lowest BCUT2D eigenvalue weighted by Crippen LogP contribution is -2.25. The van der Waals surface area contributed by atoms with Crippen LogP contribution >= 0.6 is 22.7 Å². The molecule has 2 aromatic heterocycles. The molecule has 8 heteroatoms. The second-order valence-corrected chi connectivity index (χ2v) is 6.99. The van der Waals surface area contributed by atoms with Gasteiger partial charge >= 0.3 is 0 Å². The topological polar surface area (TPSA) is 91.3 Å². The first-order valence-corrected chi connectivity index (χ1v) is 8.41. The third-order valence-corrected chi connectivity index (χ3v) is 5.51. The summed E-state index contributed by atoms with van der Waals surface area (Å²) in [4.78, 5) is 28.7. The van der Waals surface area contributed by atoms with Crippen molar-refractivity contribution in [2.75, 3.05) is 0 Å². The molecule has 0 saturated heterocycles. The number of hydrogen-bond donors (Lipinski definition) is 3. The summed E-state index contributed by atoms with van der Waals surface area (Å²) in [5.74, 6) is -0.793. The highest BCUT2D eigenvalue weighted by atomic mass is 32.1. The number of aromatic nitrogens is 1. The van der Waals surface area contributed by atoms with Crippen molar-refractivity contribution in [1.82, 2.24) is 15.8 Å². The summed E-state index contributed by atoms with van der Waals surface area (Å²) in [6.45, 7) is 1.80. The molecule has 2 amide bonds. The zero-order valence-electron chi connectivity index (χ0n) is 12.1. The number of amides is 2. The average Bonchev–Trinajstić information content (AvgIpc) is 3.20. The molecule has 3 rings (SSSR count). The van der Waals surface area contributed by atoms with E-state index in [-0.39, 0.29) is 16.8 Å². The van der Waals surface area contributed by atoms with Crippen molar-refractivity contribution >= 4 is 44.6 Å². The molecule has 0 unspecified atom stereocenters. The Morgan fingerprint density at radius 2 is 1.96 bits per heavy atom. The number of carbonyl (C=O) groups excluding carboxylic acids is 2. The zero-order chi connectivity index (χ0) is 16.4. The van der Waals surface area contributed by atoms with Crippen LogP contribution in [0.25, 0.3) is 10.1 Å². The second-order valence-electron chi connectivity index (χ2n) is 4.85. The smallest absolute Gasteiger partial charge is 0.286 e. The Hall–Kier alpha value is -2.29. The standard InChI is InChI=1S/C15H13N3O3S2/c1-8(15-16-7-12(23-15)14(20)18-21)17-13(19)11-6-9-4-2-3-5-10(9)22-11/h2-8,21H,1H3,(H,17,19)(H,18,20)/t8-/m1/s1. The molecule has 0 aliphatic carbocycles. The Balaban J connectivity index is 1.74. The van der Waals surface area contributed by atoms with E-state index < -0.39 is 5.91 Å². The van der Waals surface area contributed by atoms with E-state index in [1.807, 2.05) is 30.3 Å². The van der Waals surface area contributed by atoms with E-state index in [4.69, 9.17) is 5.21 Å². The van der Waals surface area contributed by atoms with Crippen LogP contribution in [0.1, 0.15) is 37.3 Å². The molecule has 23 heavy (non-hydrogen) atoms. The van der Waals surface area contributed by atoms with Gasteiger partial charge in [0.15, 0.2) is 0 Å². The predicted octanol–water partition coefficient (Wildman–Crippen LogP) is 2.97. The zero-order valence-corrected chi connectivity index (χ0v) is 13.7. The van der Waals surface area contributed by atoms with E-state index in [1.54, 1.807) is 12.4 Å². The highest BCUT2D eigenvalue weighted by Gasteiger charge is 2.18. The van der Waals surface area contributed by atoms with Crippen molar-refractivity contribution in [2.24, 2.45) is 0 Å². The first-order valence-electron chi connectivity index (χ1n) is 6.78. The fraction of sp³-hybridized carbons (Fsp3) is 0.133. The highest BCUT2D eigenvalue weighted by Crippen LogP contribution is 2.26. The molecule has 1 aromatic carbocycles. The van der Waals surface area contributed by atoms with Gasteiger partial charge in [-0.2, -0.15) is 0 Å². The van der Waals surface area contributed by atoms with Crippen LogP contribution in [-0.2, 0) is 0 Å². The largest absolute Gasteiger partial charge is 0.342 e. The molecule has 118 valence electrons. The molecule has 0 radical (unpaired) electrons. The summed E-state index contributed by atoms with van der Waals surface area (Å²) >= 11 is 2.55. The third kappa shape index (κ3) is 3.24. The van der Waals surface area contributed by atoms with Gasteiger partial charge in [-0.05, 0) is 24.4 Å². The first-order chi connectivity index (χ1) is 11.1. The molecule has 0 aliphatic heterocycles. The van der Waals surface area contributed by atoms with Crippen LogP contribution in [0, 0.1) is 0 Å². The summed E-state index contributed by atoms with van der Waals surface area (Å²) in [6.07, 6.45) is 1.37. The van der Waals surface area contributed by atoms with Gasteiger partial charge < -0.3 is 5.32 Å². The van der Waals surface area contributed by atoms with E-state index in [0.29, 0.717) is 9.88 Å². The van der Waals surface area contributed by atoms with Crippen molar-refractivity contribution in [1.29, 1.82) is 0 Å². The Morgan fingerprint density at radius 1 is 1.17 bits per heavy atom.